The summed E-state index contributed by atoms with van der Waals surface area (Å²) in [6, 6.07) is 3.01. The smallest absolute Gasteiger partial charge is 0.308 e. The Balaban J connectivity index is 1.94. The van der Waals surface area contributed by atoms with Crippen LogP contribution >= 0.6 is 23.4 Å². The number of thioether (sulfide) groups is 1. The zero-order valence-corrected chi connectivity index (χ0v) is 17.4. The number of methoxy groups -OCH3 is 1. The van der Waals surface area contributed by atoms with Crippen LogP contribution in [0.25, 0.3) is 6.08 Å². The fourth-order valence-corrected chi connectivity index (χ4v) is 3.57. The van der Waals surface area contributed by atoms with Gasteiger partial charge in [0, 0.05) is 13.8 Å². The number of anilines is 2. The van der Waals surface area contributed by atoms with E-state index in [2.05, 4.69) is 20.3 Å². The normalized spacial score (nSPS) is 14.9. The number of hydrogen-bond acceptors (Lipinski definition) is 10. The van der Waals surface area contributed by atoms with Crippen LogP contribution in [0.15, 0.2) is 21.7 Å². The van der Waals surface area contributed by atoms with E-state index < -0.39 is 17.8 Å². The molecule has 0 atom stereocenters. The number of carbonyl (C=O) groups is 3. The van der Waals surface area contributed by atoms with Crippen molar-refractivity contribution in [1.29, 1.82) is 5.41 Å². The zero-order valence-electron chi connectivity index (χ0n) is 15.8. The topological polar surface area (TPSA) is 148 Å². The molecule has 13 heteroatoms. The molecule has 0 aliphatic carbocycles. The number of amides is 2. The van der Waals surface area contributed by atoms with Crippen molar-refractivity contribution < 1.29 is 28.5 Å². The Hall–Kier alpha value is -3.38. The molecule has 2 heterocycles. The van der Waals surface area contributed by atoms with Crippen molar-refractivity contribution in [2.75, 3.05) is 17.3 Å². The fourth-order valence-electron chi connectivity index (χ4n) is 2.47. The first-order valence-corrected chi connectivity index (χ1v) is 9.39. The molecule has 30 heavy (non-hydrogen) atoms. The first kappa shape index (κ1) is 21.3. The molecule has 0 bridgehead atoms. The van der Waals surface area contributed by atoms with Crippen molar-refractivity contribution in [2.45, 2.75) is 13.8 Å². The highest BCUT2D eigenvalue weighted by Gasteiger charge is 2.37. The van der Waals surface area contributed by atoms with E-state index in [1.165, 1.54) is 39.2 Å². The lowest BCUT2D eigenvalue weighted by atomic mass is 10.1. The van der Waals surface area contributed by atoms with Gasteiger partial charge in [0.1, 0.15) is 0 Å². The number of nitrogens with one attached hydrogen (secondary N) is 2. The highest BCUT2D eigenvalue weighted by atomic mass is 35.5. The highest BCUT2D eigenvalue weighted by molar-refractivity contribution is 8.19. The summed E-state index contributed by atoms with van der Waals surface area (Å²) >= 11 is 7.05. The van der Waals surface area contributed by atoms with Crippen LogP contribution in [-0.2, 0) is 14.4 Å². The Bertz CT molecular complexity index is 1100. The molecule has 1 fully saturated rings. The Morgan fingerprint density at radius 2 is 2.07 bits per heavy atom. The second-order valence-corrected chi connectivity index (χ2v) is 7.24. The van der Waals surface area contributed by atoms with E-state index in [0.717, 1.165) is 16.7 Å². The maximum absolute atomic E-state index is 12.8. The van der Waals surface area contributed by atoms with E-state index in [-0.39, 0.29) is 38.2 Å². The number of carbonyl (C=O) groups excluding carboxylic acids is 3. The van der Waals surface area contributed by atoms with Crippen molar-refractivity contribution in [2.24, 2.45) is 0 Å². The number of esters is 1. The summed E-state index contributed by atoms with van der Waals surface area (Å²) in [7, 11) is 1.38. The van der Waals surface area contributed by atoms with Crippen molar-refractivity contribution >= 4 is 64.0 Å². The summed E-state index contributed by atoms with van der Waals surface area (Å²) in [4.78, 5) is 36.5. The van der Waals surface area contributed by atoms with Crippen LogP contribution < -0.4 is 19.7 Å². The number of benzene rings is 1. The maximum Gasteiger partial charge on any atom is 0.308 e. The molecule has 0 spiro atoms. The summed E-state index contributed by atoms with van der Waals surface area (Å²) in [5.74, 6) is -1.53. The van der Waals surface area contributed by atoms with Gasteiger partial charge in [0.25, 0.3) is 5.91 Å². The predicted molar refractivity (Wildman–Crippen MR) is 109 cm³/mol. The van der Waals surface area contributed by atoms with Gasteiger partial charge < -0.3 is 14.8 Å². The summed E-state index contributed by atoms with van der Waals surface area (Å²) in [6.07, 6.45) is 1.49. The van der Waals surface area contributed by atoms with Gasteiger partial charge in [-0.25, -0.2) is 9.53 Å². The summed E-state index contributed by atoms with van der Waals surface area (Å²) in [5.41, 5.74) is 0.471. The lowest BCUT2D eigenvalue weighted by molar-refractivity contribution is -0.132. The van der Waals surface area contributed by atoms with Crippen LogP contribution in [0.2, 0.25) is 5.02 Å². The molecular formula is C17H14ClN5O6S. The second kappa shape index (κ2) is 8.55. The van der Waals surface area contributed by atoms with Crippen LogP contribution in [-0.4, -0.2) is 40.4 Å². The molecule has 2 aromatic rings. The first-order valence-electron chi connectivity index (χ1n) is 8.20. The van der Waals surface area contributed by atoms with E-state index in [1.807, 2.05) is 0 Å². The van der Waals surface area contributed by atoms with Crippen LogP contribution in [0.1, 0.15) is 19.4 Å². The number of amidine groups is 1. The molecule has 156 valence electrons. The van der Waals surface area contributed by atoms with E-state index in [9.17, 15) is 14.4 Å². The number of halogens is 1. The van der Waals surface area contributed by atoms with E-state index in [4.69, 9.17) is 26.5 Å². The van der Waals surface area contributed by atoms with Crippen molar-refractivity contribution in [3.05, 3.63) is 27.6 Å². The second-order valence-electron chi connectivity index (χ2n) is 5.80. The number of hydrogen-bond donors (Lipinski definition) is 2. The molecule has 0 unspecified atom stereocenters. The fraction of sp³-hybridized carbons (Fsp3) is 0.176. The standard InChI is InChI=1S/C17H14ClN5O6S/c1-7(24)20-14-15(22-29-21-14)23-16(26)12(30-17(23)19)6-9-4-10(18)13(28-8(2)25)11(5-9)27-3/h4-6,19H,1-3H3,(H,20,21,24). The van der Waals surface area contributed by atoms with E-state index in [0.29, 0.717) is 5.56 Å². The summed E-state index contributed by atoms with van der Waals surface area (Å²) in [5, 5.41) is 17.6. The lowest BCUT2D eigenvalue weighted by Crippen LogP contribution is -2.29. The summed E-state index contributed by atoms with van der Waals surface area (Å²) in [6.45, 7) is 2.49. The minimum atomic E-state index is -0.577. The third-order valence-electron chi connectivity index (χ3n) is 3.60. The molecule has 3 rings (SSSR count). The monoisotopic (exact) mass is 451 g/mol. The molecule has 11 nitrogen and oxygen atoms in total. The van der Waals surface area contributed by atoms with Gasteiger partial charge in [0.05, 0.1) is 17.0 Å². The van der Waals surface area contributed by atoms with E-state index in [1.54, 1.807) is 0 Å². The van der Waals surface area contributed by atoms with Gasteiger partial charge in [-0.05, 0) is 45.8 Å². The van der Waals surface area contributed by atoms with Gasteiger partial charge in [-0.3, -0.25) is 19.8 Å². The van der Waals surface area contributed by atoms with Gasteiger partial charge >= 0.3 is 5.97 Å². The van der Waals surface area contributed by atoms with Gasteiger partial charge in [-0.1, -0.05) is 11.6 Å². The number of rotatable bonds is 5. The molecule has 0 saturated carbocycles. The average Bonchev–Trinajstić information content (AvgIpc) is 3.20. The van der Waals surface area contributed by atoms with Crippen LogP contribution in [0.5, 0.6) is 11.5 Å². The minimum Gasteiger partial charge on any atom is -0.493 e. The van der Waals surface area contributed by atoms with Gasteiger partial charge in [0.2, 0.25) is 17.5 Å². The predicted octanol–water partition coefficient (Wildman–Crippen LogP) is 2.67. The van der Waals surface area contributed by atoms with E-state index >= 15 is 0 Å². The third-order valence-corrected chi connectivity index (χ3v) is 4.77. The molecule has 2 amide bonds. The average molecular weight is 452 g/mol. The first-order chi connectivity index (χ1) is 14.2. The van der Waals surface area contributed by atoms with Crippen LogP contribution in [0.4, 0.5) is 11.6 Å². The van der Waals surface area contributed by atoms with Gasteiger partial charge in [-0.2, -0.15) is 0 Å². The third kappa shape index (κ3) is 4.28. The zero-order chi connectivity index (χ0) is 22.0. The molecule has 1 aliphatic rings. The number of nitrogens with zero attached hydrogens (tertiary/aromatic N) is 3. The highest BCUT2D eigenvalue weighted by Crippen LogP contribution is 2.40. The maximum atomic E-state index is 12.8. The molecule has 1 aliphatic heterocycles. The number of ether oxygens (including phenoxy) is 2. The molecule has 2 N–H and O–H groups in total. The Kier molecular flexibility index (Phi) is 6.08. The lowest BCUT2D eigenvalue weighted by Gasteiger charge is -2.11. The largest absolute Gasteiger partial charge is 0.493 e. The summed E-state index contributed by atoms with van der Waals surface area (Å²) < 4.78 is 14.8. The van der Waals surface area contributed by atoms with Crippen molar-refractivity contribution in [3.8, 4) is 11.5 Å². The Labute approximate surface area is 178 Å². The van der Waals surface area contributed by atoms with Crippen molar-refractivity contribution in [3.63, 3.8) is 0 Å². The Morgan fingerprint density at radius 1 is 1.33 bits per heavy atom. The molecular weight excluding hydrogens is 438 g/mol. The van der Waals surface area contributed by atoms with Crippen LogP contribution in [0, 0.1) is 5.41 Å². The van der Waals surface area contributed by atoms with Crippen molar-refractivity contribution in [1.82, 2.24) is 10.3 Å². The molecule has 0 radical (unpaired) electrons. The minimum absolute atomic E-state index is 0.0576. The van der Waals surface area contributed by atoms with Crippen LogP contribution in [0.3, 0.4) is 0 Å². The molecule has 1 saturated heterocycles. The van der Waals surface area contributed by atoms with Gasteiger partial charge in [-0.15, -0.1) is 0 Å². The quantitative estimate of drug-likeness (QED) is 0.397. The molecule has 1 aromatic carbocycles. The van der Waals surface area contributed by atoms with Gasteiger partial charge in [0.15, 0.2) is 16.7 Å². The Morgan fingerprint density at radius 3 is 2.70 bits per heavy atom. The molecule has 1 aromatic heterocycles. The number of aromatic nitrogens is 2. The SMILES string of the molecule is COc1cc(C=C2SC(=N)N(c3nonc3NC(C)=O)C2=O)cc(Cl)c1OC(C)=O.